The zero-order valence-electron chi connectivity index (χ0n) is 18.2. The quantitative estimate of drug-likeness (QED) is 0.580. The highest BCUT2D eigenvalue weighted by atomic mass is 32.1. The van der Waals surface area contributed by atoms with Crippen LogP contribution in [-0.2, 0) is 16.8 Å². The van der Waals surface area contributed by atoms with E-state index in [9.17, 15) is 4.79 Å². The molecule has 0 fully saturated rings. The molecule has 8 heteroatoms. The van der Waals surface area contributed by atoms with Crippen LogP contribution in [0.1, 0.15) is 53.2 Å². The van der Waals surface area contributed by atoms with Crippen LogP contribution in [0.15, 0.2) is 40.7 Å². The van der Waals surface area contributed by atoms with Crippen LogP contribution >= 0.6 is 11.3 Å². The Morgan fingerprint density at radius 1 is 1.15 bits per heavy atom. The molecule has 3 aromatic rings. The SMILES string of the molecule is CC(C)c1nc(CN2C(=O)C3(COc4cc5c(cc43)OCO5)c3cccc(C4C=N4)c32)cs1. The summed E-state index contributed by atoms with van der Waals surface area (Å²) in [6.07, 6.45) is 1.92. The predicted molar refractivity (Wildman–Crippen MR) is 124 cm³/mol. The summed E-state index contributed by atoms with van der Waals surface area (Å²) < 4.78 is 17.3. The summed E-state index contributed by atoms with van der Waals surface area (Å²) in [4.78, 5) is 25.4. The summed E-state index contributed by atoms with van der Waals surface area (Å²) in [6.45, 7) is 5.10. The van der Waals surface area contributed by atoms with Crippen molar-refractivity contribution < 1.29 is 19.0 Å². The molecule has 0 radical (unpaired) electrons. The van der Waals surface area contributed by atoms with Crippen molar-refractivity contribution in [2.45, 2.75) is 37.8 Å². The molecule has 0 saturated carbocycles. The summed E-state index contributed by atoms with van der Waals surface area (Å²) >= 11 is 1.64. The number of hydrogen-bond donors (Lipinski definition) is 0. The number of amides is 1. The minimum Gasteiger partial charge on any atom is -0.491 e. The fourth-order valence-corrected chi connectivity index (χ4v) is 5.94. The number of anilines is 1. The topological polar surface area (TPSA) is 73.3 Å². The summed E-state index contributed by atoms with van der Waals surface area (Å²) in [5, 5.41) is 3.13. The summed E-state index contributed by atoms with van der Waals surface area (Å²) in [5.41, 5.74) is 3.74. The van der Waals surface area contributed by atoms with E-state index in [4.69, 9.17) is 19.2 Å². The van der Waals surface area contributed by atoms with Gasteiger partial charge in [-0.15, -0.1) is 11.3 Å². The molecule has 5 heterocycles. The van der Waals surface area contributed by atoms with Crippen molar-refractivity contribution in [3.63, 3.8) is 0 Å². The second-order valence-corrected chi connectivity index (χ2v) is 9.99. The Bertz CT molecular complexity index is 1360. The number of benzene rings is 2. The zero-order valence-corrected chi connectivity index (χ0v) is 19.0. The first kappa shape index (κ1) is 19.1. The second-order valence-electron chi connectivity index (χ2n) is 9.11. The van der Waals surface area contributed by atoms with Gasteiger partial charge in [0.15, 0.2) is 11.5 Å². The van der Waals surface area contributed by atoms with E-state index in [1.165, 1.54) is 0 Å². The van der Waals surface area contributed by atoms with Gasteiger partial charge in [0.05, 0.1) is 22.9 Å². The largest absolute Gasteiger partial charge is 0.491 e. The van der Waals surface area contributed by atoms with Crippen molar-refractivity contribution in [2.75, 3.05) is 18.3 Å². The van der Waals surface area contributed by atoms with Gasteiger partial charge in [0.25, 0.3) is 0 Å². The molecule has 2 aromatic carbocycles. The third kappa shape index (κ3) is 2.58. The van der Waals surface area contributed by atoms with Gasteiger partial charge in [0.2, 0.25) is 12.7 Å². The molecule has 166 valence electrons. The lowest BCUT2D eigenvalue weighted by Crippen LogP contribution is -2.42. The van der Waals surface area contributed by atoms with Crippen LogP contribution < -0.4 is 19.1 Å². The van der Waals surface area contributed by atoms with Crippen LogP contribution in [0.25, 0.3) is 0 Å². The molecule has 2 unspecified atom stereocenters. The first-order chi connectivity index (χ1) is 16.1. The number of thiazole rings is 1. The molecule has 7 rings (SSSR count). The van der Waals surface area contributed by atoms with Crippen molar-refractivity contribution in [1.82, 2.24) is 4.98 Å². The fourth-order valence-electron chi connectivity index (χ4n) is 5.11. The average molecular weight is 460 g/mol. The molecule has 0 aliphatic carbocycles. The zero-order chi connectivity index (χ0) is 22.3. The monoisotopic (exact) mass is 459 g/mol. The molecule has 7 nitrogen and oxygen atoms in total. The van der Waals surface area contributed by atoms with E-state index >= 15 is 0 Å². The van der Waals surface area contributed by atoms with Crippen molar-refractivity contribution >= 4 is 29.1 Å². The van der Waals surface area contributed by atoms with E-state index in [-0.39, 0.29) is 25.3 Å². The molecule has 1 aromatic heterocycles. The lowest BCUT2D eigenvalue weighted by atomic mass is 9.76. The number of aromatic nitrogens is 1. The molecule has 1 spiro atoms. The molecule has 4 aliphatic heterocycles. The summed E-state index contributed by atoms with van der Waals surface area (Å²) in [7, 11) is 0. The number of carbonyl (C=O) groups excluding carboxylic acids is 1. The van der Waals surface area contributed by atoms with Gasteiger partial charge in [-0.1, -0.05) is 32.0 Å². The van der Waals surface area contributed by atoms with Crippen LogP contribution in [0.2, 0.25) is 0 Å². The number of fused-ring (bicyclic) bond motifs is 5. The smallest absolute Gasteiger partial charge is 0.246 e. The van der Waals surface area contributed by atoms with Crippen LogP contribution in [0.5, 0.6) is 17.2 Å². The Kier molecular flexibility index (Phi) is 3.81. The third-order valence-corrected chi connectivity index (χ3v) is 7.98. The molecule has 0 saturated heterocycles. The number of ether oxygens (including phenoxy) is 3. The van der Waals surface area contributed by atoms with Gasteiger partial charge in [-0.05, 0) is 11.6 Å². The standard InChI is InChI=1S/C25H21N3O4S/c1-13(2)23-27-14(10-33-23)9-28-22-15(18-8-26-18)4-3-5-16(22)25(24(28)29)11-30-19-7-21-20(6-17(19)25)31-12-32-21/h3-8,10,13,18H,9,11-12H2,1-2H3. The fraction of sp³-hybridized carbons (Fsp3) is 0.320. The van der Waals surface area contributed by atoms with Gasteiger partial charge >= 0.3 is 0 Å². The van der Waals surface area contributed by atoms with Crippen molar-refractivity contribution in [3.05, 3.63) is 63.1 Å². The van der Waals surface area contributed by atoms with Gasteiger partial charge in [-0.2, -0.15) is 0 Å². The first-order valence-electron chi connectivity index (χ1n) is 11.1. The number of para-hydroxylation sites is 1. The number of nitrogens with zero attached hydrogens (tertiary/aromatic N) is 3. The van der Waals surface area contributed by atoms with E-state index in [2.05, 4.69) is 30.3 Å². The lowest BCUT2D eigenvalue weighted by molar-refractivity contribution is -0.122. The van der Waals surface area contributed by atoms with Crippen molar-refractivity contribution in [3.8, 4) is 17.2 Å². The molecule has 0 bridgehead atoms. The van der Waals surface area contributed by atoms with E-state index in [0.717, 1.165) is 33.1 Å². The highest BCUT2D eigenvalue weighted by Crippen LogP contribution is 2.57. The second kappa shape index (κ2) is 6.57. The van der Waals surface area contributed by atoms with Gasteiger partial charge in [-0.25, -0.2) is 4.98 Å². The third-order valence-electron chi connectivity index (χ3n) is 6.79. The Hall–Kier alpha value is -3.39. The highest BCUT2D eigenvalue weighted by Gasteiger charge is 2.58. The minimum absolute atomic E-state index is 0.00214. The maximum Gasteiger partial charge on any atom is 0.246 e. The molecule has 4 aliphatic rings. The summed E-state index contributed by atoms with van der Waals surface area (Å²) in [5.74, 6) is 2.32. The van der Waals surface area contributed by atoms with Gasteiger partial charge in [0.1, 0.15) is 23.8 Å². The Morgan fingerprint density at radius 3 is 2.73 bits per heavy atom. The predicted octanol–water partition coefficient (Wildman–Crippen LogP) is 4.35. The Labute approximate surface area is 194 Å². The first-order valence-corrected chi connectivity index (χ1v) is 11.9. The maximum atomic E-state index is 14.3. The molecular formula is C25H21N3O4S. The van der Waals surface area contributed by atoms with Gasteiger partial charge < -0.3 is 19.1 Å². The molecule has 1 amide bonds. The normalized spacial score (nSPS) is 23.4. The van der Waals surface area contributed by atoms with Crippen LogP contribution in [0.4, 0.5) is 5.69 Å². The molecular weight excluding hydrogens is 438 g/mol. The molecule has 2 atom stereocenters. The van der Waals surface area contributed by atoms with Gasteiger partial charge in [0, 0.05) is 34.7 Å². The molecule has 0 N–H and O–H groups in total. The Morgan fingerprint density at radius 2 is 1.97 bits per heavy atom. The average Bonchev–Trinajstić information content (AvgIpc) is 3.14. The number of rotatable bonds is 4. The maximum absolute atomic E-state index is 14.3. The van der Waals surface area contributed by atoms with Gasteiger partial charge in [-0.3, -0.25) is 9.79 Å². The Balaban J connectivity index is 1.39. The van der Waals surface area contributed by atoms with Crippen LogP contribution in [-0.4, -0.2) is 30.5 Å². The van der Waals surface area contributed by atoms with E-state index < -0.39 is 5.41 Å². The van der Waals surface area contributed by atoms with Crippen LogP contribution in [0.3, 0.4) is 0 Å². The highest BCUT2D eigenvalue weighted by molar-refractivity contribution is 7.09. The van der Waals surface area contributed by atoms with E-state index in [1.807, 2.05) is 35.4 Å². The van der Waals surface area contributed by atoms with E-state index in [1.54, 1.807) is 11.3 Å². The minimum atomic E-state index is -0.923. The van der Waals surface area contributed by atoms with E-state index in [0.29, 0.717) is 29.7 Å². The van der Waals surface area contributed by atoms with Crippen LogP contribution in [0, 0.1) is 0 Å². The number of hydrogen-bond acceptors (Lipinski definition) is 7. The van der Waals surface area contributed by atoms with Crippen molar-refractivity contribution in [2.24, 2.45) is 4.99 Å². The number of carbonyl (C=O) groups is 1. The summed E-state index contributed by atoms with van der Waals surface area (Å²) in [6, 6.07) is 9.89. The lowest BCUT2D eigenvalue weighted by Gasteiger charge is -2.23. The number of aliphatic imine (C=N–C) groups is 1. The van der Waals surface area contributed by atoms with Crippen molar-refractivity contribution in [1.29, 1.82) is 0 Å². The molecule has 33 heavy (non-hydrogen) atoms.